The Morgan fingerprint density at radius 1 is 1.10 bits per heavy atom. The normalized spacial score (nSPS) is 10.9. The molecule has 0 saturated heterocycles. The molecular formula is C16H14FNOS. The monoisotopic (exact) mass is 287 g/mol. The summed E-state index contributed by atoms with van der Waals surface area (Å²) in [6.07, 6.45) is 1.89. The minimum atomic E-state index is -0.201. The van der Waals surface area contributed by atoms with Crippen LogP contribution in [0.1, 0.15) is 6.92 Å². The van der Waals surface area contributed by atoms with Crippen molar-refractivity contribution in [3.05, 3.63) is 54.5 Å². The third-order valence-corrected chi connectivity index (χ3v) is 4.10. The van der Waals surface area contributed by atoms with Gasteiger partial charge in [0.2, 0.25) is 0 Å². The van der Waals surface area contributed by atoms with Gasteiger partial charge in [0.15, 0.2) is 0 Å². The first-order valence-corrected chi connectivity index (χ1v) is 7.26. The number of fused-ring (bicyclic) bond motifs is 1. The molecule has 0 aliphatic rings. The summed E-state index contributed by atoms with van der Waals surface area (Å²) in [5.74, 6) is 0.623. The summed E-state index contributed by atoms with van der Waals surface area (Å²) in [6.45, 7) is 2.57. The molecule has 0 saturated carbocycles. The van der Waals surface area contributed by atoms with Crippen molar-refractivity contribution >= 4 is 22.7 Å². The van der Waals surface area contributed by atoms with Crippen LogP contribution in [0.3, 0.4) is 0 Å². The molecule has 0 amide bonds. The van der Waals surface area contributed by atoms with Crippen molar-refractivity contribution in [2.24, 2.45) is 0 Å². The van der Waals surface area contributed by atoms with Crippen molar-refractivity contribution in [2.75, 3.05) is 6.61 Å². The SMILES string of the molecule is CCOc1cccc2c(Sc3ccccc3F)c[nH]c12. The van der Waals surface area contributed by atoms with Crippen molar-refractivity contribution in [2.45, 2.75) is 16.7 Å². The number of ether oxygens (including phenoxy) is 1. The minimum absolute atomic E-state index is 0.201. The van der Waals surface area contributed by atoms with E-state index in [9.17, 15) is 4.39 Å². The third kappa shape index (κ3) is 2.39. The molecule has 0 bridgehead atoms. The Kier molecular flexibility index (Phi) is 3.65. The molecule has 20 heavy (non-hydrogen) atoms. The predicted molar refractivity (Wildman–Crippen MR) is 80.0 cm³/mol. The van der Waals surface area contributed by atoms with Crippen molar-refractivity contribution < 1.29 is 9.13 Å². The summed E-state index contributed by atoms with van der Waals surface area (Å²) >= 11 is 1.42. The summed E-state index contributed by atoms with van der Waals surface area (Å²) in [6, 6.07) is 12.7. The molecule has 3 rings (SSSR count). The average Bonchev–Trinajstić information content (AvgIpc) is 2.86. The molecule has 0 unspecified atom stereocenters. The van der Waals surface area contributed by atoms with Crippen LogP contribution in [0.2, 0.25) is 0 Å². The van der Waals surface area contributed by atoms with Crippen LogP contribution in [0.4, 0.5) is 4.39 Å². The van der Waals surface area contributed by atoms with Gasteiger partial charge in [0.1, 0.15) is 11.6 Å². The lowest BCUT2D eigenvalue weighted by atomic mass is 10.2. The maximum Gasteiger partial charge on any atom is 0.143 e. The Balaban J connectivity index is 2.01. The van der Waals surface area contributed by atoms with Gasteiger partial charge in [-0.2, -0.15) is 0 Å². The minimum Gasteiger partial charge on any atom is -0.492 e. The number of H-pyrrole nitrogens is 1. The molecular weight excluding hydrogens is 273 g/mol. The molecule has 2 aromatic carbocycles. The highest BCUT2D eigenvalue weighted by atomic mass is 32.2. The van der Waals surface area contributed by atoms with Crippen molar-refractivity contribution in [1.29, 1.82) is 0 Å². The molecule has 0 aliphatic carbocycles. The molecule has 0 atom stereocenters. The zero-order valence-corrected chi connectivity index (χ0v) is 11.8. The Morgan fingerprint density at radius 2 is 1.95 bits per heavy atom. The number of hydrogen-bond donors (Lipinski definition) is 1. The first-order valence-electron chi connectivity index (χ1n) is 6.45. The fourth-order valence-corrected chi connectivity index (χ4v) is 3.05. The Labute approximate surface area is 121 Å². The molecule has 102 valence electrons. The lowest BCUT2D eigenvalue weighted by Crippen LogP contribution is -1.91. The second-order valence-corrected chi connectivity index (χ2v) is 5.38. The van der Waals surface area contributed by atoms with Crippen LogP contribution in [0, 0.1) is 5.82 Å². The molecule has 2 nitrogen and oxygen atoms in total. The van der Waals surface area contributed by atoms with Gasteiger partial charge in [-0.1, -0.05) is 36.0 Å². The number of hydrogen-bond acceptors (Lipinski definition) is 2. The molecule has 0 fully saturated rings. The number of benzene rings is 2. The Hall–Kier alpha value is -1.94. The maximum absolute atomic E-state index is 13.7. The number of nitrogens with one attached hydrogen (secondary N) is 1. The predicted octanol–water partition coefficient (Wildman–Crippen LogP) is 4.86. The lowest BCUT2D eigenvalue weighted by Gasteiger charge is -2.05. The number of para-hydroxylation sites is 1. The fourth-order valence-electron chi connectivity index (χ4n) is 2.11. The topological polar surface area (TPSA) is 25.0 Å². The number of rotatable bonds is 4. The summed E-state index contributed by atoms with van der Waals surface area (Å²) in [7, 11) is 0. The van der Waals surface area contributed by atoms with E-state index < -0.39 is 0 Å². The van der Waals surface area contributed by atoms with Crippen molar-refractivity contribution in [1.82, 2.24) is 4.98 Å². The average molecular weight is 287 g/mol. The highest BCUT2D eigenvalue weighted by Crippen LogP contribution is 2.37. The van der Waals surface area contributed by atoms with Crippen LogP contribution in [-0.4, -0.2) is 11.6 Å². The second-order valence-electron chi connectivity index (χ2n) is 4.30. The molecule has 1 heterocycles. The number of aromatic amines is 1. The Morgan fingerprint density at radius 3 is 2.75 bits per heavy atom. The zero-order chi connectivity index (χ0) is 13.9. The first-order chi connectivity index (χ1) is 9.79. The Bertz CT molecular complexity index is 738. The molecule has 0 radical (unpaired) electrons. The van der Waals surface area contributed by atoms with Gasteiger partial charge in [0, 0.05) is 21.4 Å². The van der Waals surface area contributed by atoms with E-state index in [1.165, 1.54) is 17.8 Å². The third-order valence-electron chi connectivity index (χ3n) is 3.00. The number of halogens is 1. The van der Waals surface area contributed by atoms with Gasteiger partial charge in [0.05, 0.1) is 12.1 Å². The van der Waals surface area contributed by atoms with Crippen molar-refractivity contribution in [3.8, 4) is 5.75 Å². The van der Waals surface area contributed by atoms with E-state index in [0.717, 1.165) is 21.5 Å². The molecule has 3 aromatic rings. The summed E-state index contributed by atoms with van der Waals surface area (Å²) in [5.41, 5.74) is 0.952. The highest BCUT2D eigenvalue weighted by molar-refractivity contribution is 7.99. The molecule has 4 heteroatoms. The molecule has 0 spiro atoms. The summed E-state index contributed by atoms with van der Waals surface area (Å²) in [4.78, 5) is 4.83. The van der Waals surface area contributed by atoms with Crippen LogP contribution >= 0.6 is 11.8 Å². The lowest BCUT2D eigenvalue weighted by molar-refractivity contribution is 0.344. The standard InChI is InChI=1S/C16H14FNOS/c1-2-19-13-8-5-6-11-15(10-18-16(11)13)20-14-9-4-3-7-12(14)17/h3-10,18H,2H2,1H3. The largest absolute Gasteiger partial charge is 0.492 e. The maximum atomic E-state index is 13.7. The van der Waals surface area contributed by atoms with Crippen LogP contribution in [0.15, 0.2) is 58.5 Å². The quantitative estimate of drug-likeness (QED) is 0.741. The van der Waals surface area contributed by atoms with Gasteiger partial charge in [0.25, 0.3) is 0 Å². The van der Waals surface area contributed by atoms with Gasteiger partial charge in [-0.25, -0.2) is 4.39 Å². The van der Waals surface area contributed by atoms with E-state index in [2.05, 4.69) is 4.98 Å². The van der Waals surface area contributed by atoms with Crippen LogP contribution in [0.25, 0.3) is 10.9 Å². The van der Waals surface area contributed by atoms with E-state index in [0.29, 0.717) is 11.5 Å². The zero-order valence-electron chi connectivity index (χ0n) is 11.0. The van der Waals surface area contributed by atoms with E-state index in [4.69, 9.17) is 4.74 Å². The van der Waals surface area contributed by atoms with Gasteiger partial charge in [-0.05, 0) is 25.1 Å². The van der Waals surface area contributed by atoms with Crippen LogP contribution in [0.5, 0.6) is 5.75 Å². The molecule has 0 aliphatic heterocycles. The smallest absolute Gasteiger partial charge is 0.143 e. The summed E-state index contributed by atoms with van der Waals surface area (Å²) in [5, 5.41) is 1.05. The molecule has 1 aromatic heterocycles. The van der Waals surface area contributed by atoms with Gasteiger partial charge < -0.3 is 9.72 Å². The van der Waals surface area contributed by atoms with Gasteiger partial charge in [-0.3, -0.25) is 0 Å². The van der Waals surface area contributed by atoms with E-state index >= 15 is 0 Å². The van der Waals surface area contributed by atoms with Gasteiger partial charge in [-0.15, -0.1) is 0 Å². The second kappa shape index (κ2) is 5.59. The fraction of sp³-hybridized carbons (Fsp3) is 0.125. The first kappa shape index (κ1) is 13.1. The van der Waals surface area contributed by atoms with E-state index in [1.807, 2.05) is 37.4 Å². The molecule has 1 N–H and O–H groups in total. The highest BCUT2D eigenvalue weighted by Gasteiger charge is 2.11. The van der Waals surface area contributed by atoms with E-state index in [1.54, 1.807) is 12.1 Å². The van der Waals surface area contributed by atoms with E-state index in [-0.39, 0.29) is 5.82 Å². The van der Waals surface area contributed by atoms with Crippen LogP contribution < -0.4 is 4.74 Å². The number of aromatic nitrogens is 1. The van der Waals surface area contributed by atoms with Gasteiger partial charge >= 0.3 is 0 Å². The van der Waals surface area contributed by atoms with Crippen LogP contribution in [-0.2, 0) is 0 Å². The van der Waals surface area contributed by atoms with Crippen molar-refractivity contribution in [3.63, 3.8) is 0 Å². The summed E-state index contributed by atoms with van der Waals surface area (Å²) < 4.78 is 19.3.